The van der Waals surface area contributed by atoms with Crippen LogP contribution >= 0.6 is 11.8 Å². The zero-order chi connectivity index (χ0) is 25.0. The van der Waals surface area contributed by atoms with Crippen LogP contribution in [0.2, 0.25) is 0 Å². The van der Waals surface area contributed by atoms with Gasteiger partial charge in [0.1, 0.15) is 18.1 Å². The van der Waals surface area contributed by atoms with Gasteiger partial charge in [-0.1, -0.05) is 44.2 Å². The SMILES string of the molecule is CSCCC(NC(=O)C(CC(C)C)NC(=O)C(C)NC(=O)C(N)Cc1ccccc1)C(=O)O. The fourth-order valence-electron chi connectivity index (χ4n) is 3.11. The molecule has 0 aromatic heterocycles. The Kier molecular flexibility index (Phi) is 12.5. The van der Waals surface area contributed by atoms with E-state index < -0.39 is 47.9 Å². The van der Waals surface area contributed by atoms with Gasteiger partial charge in [-0.2, -0.15) is 11.8 Å². The fourth-order valence-corrected chi connectivity index (χ4v) is 3.58. The molecule has 0 heterocycles. The van der Waals surface area contributed by atoms with Gasteiger partial charge in [0.05, 0.1) is 6.04 Å². The minimum absolute atomic E-state index is 0.0692. The molecule has 33 heavy (non-hydrogen) atoms. The number of benzene rings is 1. The lowest BCUT2D eigenvalue weighted by molar-refractivity contribution is -0.142. The summed E-state index contributed by atoms with van der Waals surface area (Å²) in [7, 11) is 0. The molecule has 9 nitrogen and oxygen atoms in total. The van der Waals surface area contributed by atoms with Crippen molar-refractivity contribution in [2.75, 3.05) is 12.0 Å². The maximum atomic E-state index is 12.7. The maximum Gasteiger partial charge on any atom is 0.326 e. The Morgan fingerprint density at radius 2 is 1.55 bits per heavy atom. The predicted molar refractivity (Wildman–Crippen MR) is 130 cm³/mol. The molecule has 0 aliphatic carbocycles. The van der Waals surface area contributed by atoms with E-state index in [9.17, 15) is 24.3 Å². The molecular formula is C23H36N4O5S. The number of nitrogens with two attached hydrogens (primary N) is 1. The number of carboxylic acid groups (broad SMARTS) is 1. The molecule has 10 heteroatoms. The van der Waals surface area contributed by atoms with E-state index >= 15 is 0 Å². The minimum Gasteiger partial charge on any atom is -0.480 e. The van der Waals surface area contributed by atoms with Crippen molar-refractivity contribution in [3.05, 3.63) is 35.9 Å². The molecule has 1 aromatic rings. The van der Waals surface area contributed by atoms with Gasteiger partial charge < -0.3 is 26.8 Å². The highest BCUT2D eigenvalue weighted by Crippen LogP contribution is 2.08. The minimum atomic E-state index is -1.12. The third kappa shape index (κ3) is 10.7. The van der Waals surface area contributed by atoms with Crippen molar-refractivity contribution < 1.29 is 24.3 Å². The van der Waals surface area contributed by atoms with Crippen LogP contribution in [0, 0.1) is 5.92 Å². The number of hydrogen-bond donors (Lipinski definition) is 5. The molecule has 0 aliphatic heterocycles. The van der Waals surface area contributed by atoms with E-state index in [2.05, 4.69) is 16.0 Å². The van der Waals surface area contributed by atoms with E-state index in [1.807, 2.05) is 50.4 Å². The van der Waals surface area contributed by atoms with Gasteiger partial charge in [0.25, 0.3) is 0 Å². The number of rotatable bonds is 14. The molecule has 3 amide bonds. The largest absolute Gasteiger partial charge is 0.480 e. The number of carbonyl (C=O) groups is 4. The molecule has 0 bridgehead atoms. The maximum absolute atomic E-state index is 12.7. The number of aliphatic carboxylic acids is 1. The summed E-state index contributed by atoms with van der Waals surface area (Å²) in [6.45, 7) is 5.29. The average molecular weight is 481 g/mol. The molecule has 0 fully saturated rings. The van der Waals surface area contributed by atoms with Crippen LogP contribution in [-0.2, 0) is 25.6 Å². The fraction of sp³-hybridized carbons (Fsp3) is 0.565. The molecule has 0 saturated heterocycles. The van der Waals surface area contributed by atoms with Crippen LogP contribution < -0.4 is 21.7 Å². The number of hydrogen-bond acceptors (Lipinski definition) is 6. The molecule has 1 rings (SSSR count). The molecular weight excluding hydrogens is 444 g/mol. The van der Waals surface area contributed by atoms with Crippen LogP contribution in [0.25, 0.3) is 0 Å². The summed E-state index contributed by atoms with van der Waals surface area (Å²) in [5.41, 5.74) is 6.87. The van der Waals surface area contributed by atoms with Crippen molar-refractivity contribution in [3.8, 4) is 0 Å². The van der Waals surface area contributed by atoms with Gasteiger partial charge >= 0.3 is 5.97 Å². The highest BCUT2D eigenvalue weighted by Gasteiger charge is 2.29. The summed E-state index contributed by atoms with van der Waals surface area (Å²) < 4.78 is 0. The first-order valence-electron chi connectivity index (χ1n) is 11.0. The first-order valence-corrected chi connectivity index (χ1v) is 12.4. The van der Waals surface area contributed by atoms with Crippen LogP contribution in [0.1, 0.15) is 39.2 Å². The Balaban J connectivity index is 2.72. The lowest BCUT2D eigenvalue weighted by Gasteiger charge is -2.24. The zero-order valence-electron chi connectivity index (χ0n) is 19.7. The van der Waals surface area contributed by atoms with Crippen molar-refractivity contribution >= 4 is 35.5 Å². The third-order valence-corrected chi connectivity index (χ3v) is 5.60. The monoisotopic (exact) mass is 480 g/mol. The molecule has 0 saturated carbocycles. The second kappa shape index (κ2) is 14.5. The summed E-state index contributed by atoms with van der Waals surface area (Å²) in [4.78, 5) is 49.3. The van der Waals surface area contributed by atoms with Crippen LogP contribution in [0.3, 0.4) is 0 Å². The second-order valence-corrected chi connectivity index (χ2v) is 9.38. The van der Waals surface area contributed by atoms with E-state index in [1.165, 1.54) is 18.7 Å². The van der Waals surface area contributed by atoms with Crippen LogP contribution in [0.4, 0.5) is 0 Å². The van der Waals surface area contributed by atoms with E-state index in [1.54, 1.807) is 0 Å². The van der Waals surface area contributed by atoms with Crippen molar-refractivity contribution in [3.63, 3.8) is 0 Å². The number of nitrogens with one attached hydrogen (secondary N) is 3. The normalized spacial score (nSPS) is 14.6. The van der Waals surface area contributed by atoms with Crippen molar-refractivity contribution in [2.24, 2.45) is 11.7 Å². The van der Waals surface area contributed by atoms with Crippen molar-refractivity contribution in [2.45, 2.75) is 64.2 Å². The summed E-state index contributed by atoms with van der Waals surface area (Å²) in [5, 5.41) is 17.1. The lowest BCUT2D eigenvalue weighted by Crippen LogP contribution is -2.56. The molecule has 1 aromatic carbocycles. The smallest absolute Gasteiger partial charge is 0.326 e. The molecule has 4 unspecified atom stereocenters. The number of amides is 3. The van der Waals surface area contributed by atoms with E-state index in [0.29, 0.717) is 18.6 Å². The van der Waals surface area contributed by atoms with Gasteiger partial charge in [0.15, 0.2) is 0 Å². The molecule has 184 valence electrons. The summed E-state index contributed by atoms with van der Waals surface area (Å²) in [6.07, 6.45) is 2.77. The van der Waals surface area contributed by atoms with E-state index in [-0.39, 0.29) is 12.3 Å². The van der Waals surface area contributed by atoms with Gasteiger partial charge in [-0.05, 0) is 49.7 Å². The average Bonchev–Trinajstić information content (AvgIpc) is 2.75. The topological polar surface area (TPSA) is 151 Å². The highest BCUT2D eigenvalue weighted by atomic mass is 32.2. The first-order chi connectivity index (χ1) is 15.5. The molecule has 4 atom stereocenters. The molecule has 0 aliphatic rings. The first kappa shape index (κ1) is 28.4. The summed E-state index contributed by atoms with van der Waals surface area (Å²) in [5.74, 6) is -2.07. The number of thioether (sulfide) groups is 1. The van der Waals surface area contributed by atoms with Crippen molar-refractivity contribution in [1.29, 1.82) is 0 Å². The summed E-state index contributed by atoms with van der Waals surface area (Å²) >= 11 is 1.48. The van der Waals surface area contributed by atoms with Crippen LogP contribution in [0.5, 0.6) is 0 Å². The van der Waals surface area contributed by atoms with E-state index in [0.717, 1.165) is 5.56 Å². The Bertz CT molecular complexity index is 790. The van der Waals surface area contributed by atoms with Gasteiger partial charge in [-0.25, -0.2) is 4.79 Å². The predicted octanol–water partition coefficient (Wildman–Crippen LogP) is 0.915. The Labute approximate surface area is 199 Å². The lowest BCUT2D eigenvalue weighted by atomic mass is 10.0. The molecule has 0 radical (unpaired) electrons. The van der Waals surface area contributed by atoms with Gasteiger partial charge in [-0.3, -0.25) is 14.4 Å². The highest BCUT2D eigenvalue weighted by molar-refractivity contribution is 7.98. The molecule has 6 N–H and O–H groups in total. The van der Waals surface area contributed by atoms with Gasteiger partial charge in [0.2, 0.25) is 17.7 Å². The molecule has 0 spiro atoms. The summed E-state index contributed by atoms with van der Waals surface area (Å²) in [6, 6.07) is 5.59. The number of carbonyl (C=O) groups excluding carboxylic acids is 3. The quantitative estimate of drug-likeness (QED) is 0.266. The van der Waals surface area contributed by atoms with Gasteiger partial charge in [-0.15, -0.1) is 0 Å². The Morgan fingerprint density at radius 1 is 0.939 bits per heavy atom. The standard InChI is InChI=1S/C23H36N4O5S/c1-14(2)12-19(22(30)26-18(23(31)32)10-11-33-4)27-20(28)15(3)25-21(29)17(24)13-16-8-6-5-7-9-16/h5-9,14-15,17-19H,10-13,24H2,1-4H3,(H,25,29)(H,26,30)(H,27,28)(H,31,32). The van der Waals surface area contributed by atoms with Gasteiger partial charge in [0, 0.05) is 0 Å². The van der Waals surface area contributed by atoms with E-state index in [4.69, 9.17) is 5.73 Å². The second-order valence-electron chi connectivity index (χ2n) is 8.40. The van der Waals surface area contributed by atoms with Crippen LogP contribution in [0.15, 0.2) is 30.3 Å². The number of carboxylic acids is 1. The third-order valence-electron chi connectivity index (χ3n) is 4.95. The Hall–Kier alpha value is -2.59. The zero-order valence-corrected chi connectivity index (χ0v) is 20.5. The Morgan fingerprint density at radius 3 is 2.09 bits per heavy atom. The van der Waals surface area contributed by atoms with Crippen LogP contribution in [-0.4, -0.2) is 65.0 Å². The van der Waals surface area contributed by atoms with Crippen molar-refractivity contribution in [1.82, 2.24) is 16.0 Å².